The summed E-state index contributed by atoms with van der Waals surface area (Å²) in [7, 11) is 1.29. The Labute approximate surface area is 178 Å². The molecule has 1 saturated heterocycles. The number of carbonyl (C=O) groups excluding carboxylic acids is 5. The maximum atomic E-state index is 12.9. The molecule has 1 heterocycles. The molecule has 0 spiro atoms. The van der Waals surface area contributed by atoms with Gasteiger partial charge in [0.05, 0.1) is 23.9 Å². The number of ether oxygens (including phenoxy) is 1. The Balaban J connectivity index is 2.26. The molecule has 0 radical (unpaired) electrons. The summed E-state index contributed by atoms with van der Waals surface area (Å²) in [6.45, 7) is 2.22. The van der Waals surface area contributed by atoms with Crippen LogP contribution in [0.5, 0.6) is 0 Å². The van der Waals surface area contributed by atoms with Gasteiger partial charge in [-0.2, -0.15) is 0 Å². The molecule has 1 fully saturated rings. The van der Waals surface area contributed by atoms with Crippen molar-refractivity contribution in [2.75, 3.05) is 25.5 Å². The number of Topliss-reactive ketones (excluding diaryl/α,β-unsaturated/α-hetero) is 1. The second-order valence-electron chi connectivity index (χ2n) is 6.52. The number of amides is 4. The normalized spacial score (nSPS) is 16.2. The van der Waals surface area contributed by atoms with E-state index in [9.17, 15) is 24.0 Å². The zero-order chi connectivity index (χ0) is 22.3. The fraction of sp³-hybridized carbons (Fsp3) is 0.421. The third kappa shape index (κ3) is 5.93. The maximum Gasteiger partial charge on any atom is 0.411 e. The molecule has 30 heavy (non-hydrogen) atoms. The van der Waals surface area contributed by atoms with Gasteiger partial charge >= 0.3 is 6.09 Å². The highest BCUT2D eigenvalue weighted by Gasteiger charge is 2.34. The molecule has 1 aromatic rings. The molecule has 0 aliphatic carbocycles. The van der Waals surface area contributed by atoms with Crippen LogP contribution in [0.1, 0.15) is 30.1 Å². The summed E-state index contributed by atoms with van der Waals surface area (Å²) in [5, 5.41) is 10.0. The lowest BCUT2D eigenvalue weighted by Crippen LogP contribution is -2.48. The number of hydrogen-bond donors (Lipinski definition) is 4. The topological polar surface area (TPSA) is 143 Å². The summed E-state index contributed by atoms with van der Waals surface area (Å²) < 4.78 is 4.81. The smallest absolute Gasteiger partial charge is 0.411 e. The fourth-order valence-corrected chi connectivity index (χ4v) is 3.17. The quantitative estimate of drug-likeness (QED) is 0.443. The summed E-state index contributed by atoms with van der Waals surface area (Å²) in [5.74, 6) is -3.28. The molecule has 162 valence electrons. The molecule has 1 aliphatic heterocycles. The van der Waals surface area contributed by atoms with Gasteiger partial charge in [0.25, 0.3) is 11.8 Å². The van der Waals surface area contributed by atoms with Gasteiger partial charge in [0.2, 0.25) is 11.7 Å². The van der Waals surface area contributed by atoms with Gasteiger partial charge in [-0.25, -0.2) is 4.79 Å². The van der Waals surface area contributed by atoms with Crippen LogP contribution < -0.4 is 21.3 Å². The molecule has 1 unspecified atom stereocenters. The Morgan fingerprint density at radius 1 is 1.30 bits per heavy atom. The van der Waals surface area contributed by atoms with E-state index < -0.39 is 35.7 Å². The number of hydrogen-bond acceptors (Lipinski definition) is 6. The molecular weight excluding hydrogens is 416 g/mol. The van der Waals surface area contributed by atoms with Crippen molar-refractivity contribution in [1.29, 1.82) is 0 Å². The number of halogens is 1. The fourth-order valence-electron chi connectivity index (χ4n) is 2.99. The van der Waals surface area contributed by atoms with E-state index in [0.29, 0.717) is 13.0 Å². The minimum atomic E-state index is -1.24. The number of nitrogens with one attached hydrogen (secondary N) is 4. The average Bonchev–Trinajstić information content (AvgIpc) is 3.12. The van der Waals surface area contributed by atoms with Gasteiger partial charge in [0.1, 0.15) is 0 Å². The van der Waals surface area contributed by atoms with E-state index in [4.69, 9.17) is 16.3 Å². The minimum Gasteiger partial charge on any atom is -0.450 e. The molecule has 4 amide bonds. The summed E-state index contributed by atoms with van der Waals surface area (Å²) in [5.41, 5.74) is 0.0845. The molecular formula is C19H23ClN4O6. The lowest BCUT2D eigenvalue weighted by molar-refractivity contribution is -0.139. The van der Waals surface area contributed by atoms with E-state index in [-0.39, 0.29) is 35.2 Å². The third-order valence-electron chi connectivity index (χ3n) is 4.49. The van der Waals surface area contributed by atoms with Crippen LogP contribution in [-0.4, -0.2) is 55.8 Å². The zero-order valence-corrected chi connectivity index (χ0v) is 17.3. The van der Waals surface area contributed by atoms with Crippen molar-refractivity contribution in [3.63, 3.8) is 0 Å². The first-order chi connectivity index (χ1) is 14.3. The zero-order valence-electron chi connectivity index (χ0n) is 16.5. The number of carbonyl (C=O) groups is 5. The number of ketones is 1. The summed E-state index contributed by atoms with van der Waals surface area (Å²) in [4.78, 5) is 60.9. The minimum absolute atomic E-state index is 0.0267. The number of likely N-dealkylation sites (N-methyl/N-ethyl adjacent to an activating group) is 1. The van der Waals surface area contributed by atoms with Gasteiger partial charge in [-0.1, -0.05) is 11.6 Å². The SMILES string of the molecule is CCOC(=O)Nc1ccc(Cl)cc1C(=O)NC(C[C@@H]1CCNC1=O)C(=O)C(=O)NC. The highest BCUT2D eigenvalue weighted by molar-refractivity contribution is 6.38. The van der Waals surface area contributed by atoms with E-state index in [1.165, 1.54) is 25.2 Å². The average molecular weight is 439 g/mol. The van der Waals surface area contributed by atoms with Crippen molar-refractivity contribution in [2.24, 2.45) is 5.92 Å². The van der Waals surface area contributed by atoms with Gasteiger partial charge in [0.15, 0.2) is 0 Å². The lowest BCUT2D eigenvalue weighted by Gasteiger charge is -2.20. The van der Waals surface area contributed by atoms with Crippen LogP contribution in [-0.2, 0) is 19.1 Å². The molecule has 2 rings (SSSR count). The van der Waals surface area contributed by atoms with Crippen LogP contribution in [0.3, 0.4) is 0 Å². The summed E-state index contributed by atoms with van der Waals surface area (Å²) >= 11 is 5.98. The predicted octanol–water partition coefficient (Wildman–Crippen LogP) is 0.848. The van der Waals surface area contributed by atoms with Crippen molar-refractivity contribution < 1.29 is 28.7 Å². The van der Waals surface area contributed by atoms with E-state index in [1.54, 1.807) is 6.92 Å². The maximum absolute atomic E-state index is 12.9. The van der Waals surface area contributed by atoms with E-state index in [0.717, 1.165) is 0 Å². The molecule has 11 heteroatoms. The third-order valence-corrected chi connectivity index (χ3v) is 4.73. The van der Waals surface area contributed by atoms with Crippen LogP contribution in [0.2, 0.25) is 5.02 Å². The van der Waals surface area contributed by atoms with Crippen molar-refractivity contribution >= 4 is 46.9 Å². The van der Waals surface area contributed by atoms with Crippen molar-refractivity contribution in [2.45, 2.75) is 25.8 Å². The van der Waals surface area contributed by atoms with E-state index in [1.807, 2.05) is 0 Å². The van der Waals surface area contributed by atoms with Crippen LogP contribution in [0.25, 0.3) is 0 Å². The largest absolute Gasteiger partial charge is 0.450 e. The number of benzene rings is 1. The Morgan fingerprint density at radius 3 is 2.63 bits per heavy atom. The number of anilines is 1. The first-order valence-corrected chi connectivity index (χ1v) is 9.72. The highest BCUT2D eigenvalue weighted by atomic mass is 35.5. The van der Waals surface area contributed by atoms with Crippen molar-refractivity contribution in [3.05, 3.63) is 28.8 Å². The van der Waals surface area contributed by atoms with E-state index in [2.05, 4.69) is 21.3 Å². The molecule has 1 aliphatic rings. The van der Waals surface area contributed by atoms with E-state index >= 15 is 0 Å². The second kappa shape index (κ2) is 10.6. The van der Waals surface area contributed by atoms with Crippen LogP contribution in [0.15, 0.2) is 18.2 Å². The molecule has 1 aromatic carbocycles. The molecule has 10 nitrogen and oxygen atoms in total. The Bertz CT molecular complexity index is 859. The molecule has 2 atom stereocenters. The second-order valence-corrected chi connectivity index (χ2v) is 6.95. The van der Waals surface area contributed by atoms with Crippen LogP contribution in [0, 0.1) is 5.92 Å². The molecule has 0 saturated carbocycles. The van der Waals surface area contributed by atoms with Crippen LogP contribution in [0.4, 0.5) is 10.5 Å². The van der Waals surface area contributed by atoms with Gasteiger partial charge in [-0.15, -0.1) is 0 Å². The summed E-state index contributed by atoms with van der Waals surface area (Å²) in [6.07, 6.45) is -0.320. The van der Waals surface area contributed by atoms with Gasteiger partial charge in [0, 0.05) is 24.5 Å². The first-order valence-electron chi connectivity index (χ1n) is 9.34. The Morgan fingerprint density at radius 2 is 2.03 bits per heavy atom. The van der Waals surface area contributed by atoms with Crippen molar-refractivity contribution in [3.8, 4) is 0 Å². The molecule has 0 bridgehead atoms. The van der Waals surface area contributed by atoms with Gasteiger partial charge < -0.3 is 20.7 Å². The number of rotatable bonds is 8. The standard InChI is InChI=1S/C19H23ClN4O6/c1-3-30-19(29)24-13-5-4-11(20)9-12(13)17(27)23-14(15(25)18(28)21-2)8-10-6-7-22-16(10)26/h4-5,9-10,14H,3,6-8H2,1-2H3,(H,21,28)(H,22,26)(H,23,27)(H,24,29)/t10-,14?/m0/s1. The Hall–Kier alpha value is -3.14. The molecule has 0 aromatic heterocycles. The monoisotopic (exact) mass is 438 g/mol. The van der Waals surface area contributed by atoms with Crippen molar-refractivity contribution in [1.82, 2.24) is 16.0 Å². The van der Waals surface area contributed by atoms with Crippen LogP contribution >= 0.6 is 11.6 Å². The van der Waals surface area contributed by atoms with Gasteiger partial charge in [-0.3, -0.25) is 24.5 Å². The summed E-state index contributed by atoms with van der Waals surface area (Å²) in [6, 6.07) is 2.95. The lowest BCUT2D eigenvalue weighted by atomic mass is 9.95. The predicted molar refractivity (Wildman–Crippen MR) is 108 cm³/mol. The Kier molecular flexibility index (Phi) is 8.16. The molecule has 4 N–H and O–H groups in total. The van der Waals surface area contributed by atoms with Gasteiger partial charge in [-0.05, 0) is 38.0 Å². The first kappa shape index (κ1) is 23.1. The highest BCUT2D eigenvalue weighted by Crippen LogP contribution is 2.22.